The highest BCUT2D eigenvalue weighted by Gasteiger charge is 2.30. The number of benzene rings is 2. The quantitative estimate of drug-likeness (QED) is 0.879. The van der Waals surface area contributed by atoms with Gasteiger partial charge in [-0.3, -0.25) is 4.99 Å². The monoisotopic (exact) mass is 303 g/mol. The molecule has 23 heavy (non-hydrogen) atoms. The third-order valence-corrected chi connectivity index (χ3v) is 4.02. The second-order valence-corrected chi connectivity index (χ2v) is 5.69. The van der Waals surface area contributed by atoms with E-state index < -0.39 is 6.17 Å². The molecule has 0 aromatic heterocycles. The second kappa shape index (κ2) is 5.44. The highest BCUT2D eigenvalue weighted by atomic mass is 15.4. The summed E-state index contributed by atoms with van der Waals surface area (Å²) in [6, 6.07) is 18.3. The maximum Gasteiger partial charge on any atom is 0.171 e. The van der Waals surface area contributed by atoms with Crippen LogP contribution >= 0.6 is 0 Å². The maximum atomic E-state index is 6.31. The second-order valence-electron chi connectivity index (χ2n) is 5.69. The minimum Gasteiger partial charge on any atom is -0.319 e. The molecule has 0 amide bonds. The highest BCUT2D eigenvalue weighted by Crippen LogP contribution is 2.29. The Morgan fingerprint density at radius 1 is 1.00 bits per heavy atom. The Hall–Kier alpha value is -2.79. The first-order chi connectivity index (χ1) is 11.2. The number of rotatable bonds is 1. The molecule has 0 saturated carbocycles. The van der Waals surface area contributed by atoms with E-state index in [-0.39, 0.29) is 0 Å². The zero-order chi connectivity index (χ0) is 15.8. The van der Waals surface area contributed by atoms with E-state index in [1.165, 1.54) is 0 Å². The molecule has 1 atom stereocenters. The van der Waals surface area contributed by atoms with E-state index >= 15 is 0 Å². The summed E-state index contributed by atoms with van der Waals surface area (Å²) >= 11 is 0. The molecule has 114 valence electrons. The van der Waals surface area contributed by atoms with E-state index in [9.17, 15) is 0 Å². The van der Waals surface area contributed by atoms with E-state index in [1.54, 1.807) is 0 Å². The van der Waals surface area contributed by atoms with E-state index in [4.69, 9.17) is 10.7 Å². The first kappa shape index (κ1) is 13.8. The number of anilines is 1. The molecule has 0 aliphatic carbocycles. The minimum atomic E-state index is -0.533. The Morgan fingerprint density at radius 2 is 1.74 bits per heavy atom. The van der Waals surface area contributed by atoms with Gasteiger partial charge in [0.1, 0.15) is 0 Å². The van der Waals surface area contributed by atoms with Crippen molar-refractivity contribution in [2.45, 2.75) is 13.1 Å². The summed E-state index contributed by atoms with van der Waals surface area (Å²) in [6.07, 6.45) is -0.533. The van der Waals surface area contributed by atoms with Crippen LogP contribution in [-0.2, 0) is 0 Å². The predicted octanol–water partition coefficient (Wildman–Crippen LogP) is 2.42. The molecule has 0 spiro atoms. The van der Waals surface area contributed by atoms with Crippen LogP contribution in [0.2, 0.25) is 0 Å². The van der Waals surface area contributed by atoms with Gasteiger partial charge in [-0.2, -0.15) is 5.10 Å². The molecular formula is C18H17N5. The van der Waals surface area contributed by atoms with Gasteiger partial charge in [-0.25, -0.2) is 0 Å². The van der Waals surface area contributed by atoms with Crippen molar-refractivity contribution < 1.29 is 0 Å². The fourth-order valence-corrected chi connectivity index (χ4v) is 2.96. The molecule has 0 radical (unpaired) electrons. The molecule has 2 N–H and O–H groups in total. The number of fused-ring (bicyclic) bond motifs is 3. The van der Waals surface area contributed by atoms with Crippen molar-refractivity contribution in [1.82, 2.24) is 0 Å². The van der Waals surface area contributed by atoms with Crippen molar-refractivity contribution in [3.63, 3.8) is 0 Å². The van der Waals surface area contributed by atoms with E-state index in [2.05, 4.69) is 39.4 Å². The molecule has 0 unspecified atom stereocenters. The topological polar surface area (TPSA) is 66.3 Å². The smallest absolute Gasteiger partial charge is 0.171 e. The van der Waals surface area contributed by atoms with Gasteiger partial charge in [0.25, 0.3) is 0 Å². The zero-order valence-electron chi connectivity index (χ0n) is 12.8. The van der Waals surface area contributed by atoms with Gasteiger partial charge < -0.3 is 10.6 Å². The zero-order valence-corrected chi connectivity index (χ0v) is 12.8. The Labute approximate surface area is 134 Å². The Bertz CT molecular complexity index is 836. The number of hydrogen-bond donors (Lipinski definition) is 1. The van der Waals surface area contributed by atoms with Crippen LogP contribution in [0.3, 0.4) is 0 Å². The molecule has 5 heteroatoms. The molecule has 2 heterocycles. The molecule has 2 aromatic rings. The van der Waals surface area contributed by atoms with E-state index in [0.29, 0.717) is 12.4 Å². The Balaban J connectivity index is 1.95. The molecular weight excluding hydrogens is 286 g/mol. The molecule has 2 aliphatic rings. The molecule has 0 fully saturated rings. The minimum absolute atomic E-state index is 0.533. The average Bonchev–Trinajstić information content (AvgIpc) is 2.71. The Morgan fingerprint density at radius 3 is 2.57 bits per heavy atom. The third-order valence-electron chi connectivity index (χ3n) is 4.02. The lowest BCUT2D eigenvalue weighted by atomic mass is 10.00. The predicted molar refractivity (Wildman–Crippen MR) is 94.4 cm³/mol. The number of nitrogens with two attached hydrogens (primary N) is 1. The lowest BCUT2D eigenvalue weighted by molar-refractivity contribution is 0.874. The van der Waals surface area contributed by atoms with Crippen LogP contribution in [0.1, 0.15) is 18.1 Å². The molecule has 0 bridgehead atoms. The molecule has 4 rings (SSSR count). The largest absolute Gasteiger partial charge is 0.319 e. The summed E-state index contributed by atoms with van der Waals surface area (Å²) < 4.78 is 0. The first-order valence-electron chi connectivity index (χ1n) is 7.61. The van der Waals surface area contributed by atoms with Gasteiger partial charge in [0.2, 0.25) is 0 Å². The summed E-state index contributed by atoms with van der Waals surface area (Å²) in [7, 11) is 0. The van der Waals surface area contributed by atoms with Crippen molar-refractivity contribution in [3.05, 3.63) is 65.7 Å². The normalized spacial score (nSPS) is 19.8. The first-order valence-corrected chi connectivity index (χ1v) is 7.61. The van der Waals surface area contributed by atoms with Crippen molar-refractivity contribution >= 4 is 22.9 Å². The van der Waals surface area contributed by atoms with Gasteiger partial charge in [-0.05, 0) is 13.0 Å². The van der Waals surface area contributed by atoms with Crippen LogP contribution in [-0.4, -0.2) is 30.0 Å². The van der Waals surface area contributed by atoms with Crippen LogP contribution in [0.5, 0.6) is 0 Å². The van der Waals surface area contributed by atoms with Crippen molar-refractivity contribution in [2.75, 3.05) is 11.4 Å². The lowest BCUT2D eigenvalue weighted by Crippen LogP contribution is -2.46. The summed E-state index contributed by atoms with van der Waals surface area (Å²) in [5.41, 5.74) is 11.3. The number of nitrogens with zero attached hydrogens (tertiary/aromatic N) is 4. The summed E-state index contributed by atoms with van der Waals surface area (Å²) in [6.45, 7) is 2.65. The third kappa shape index (κ3) is 2.35. The van der Waals surface area contributed by atoms with Gasteiger partial charge >= 0.3 is 0 Å². The molecule has 2 aliphatic heterocycles. The standard InChI is InChI=1S/C18H17N5/c1-12-11-23-15-10-6-5-9-14(15)16(13-7-3-2-4-8-13)20-17(19)18(23)22-21-12/h2-10,17H,11,19H2,1H3/t17-/m0/s1. The van der Waals surface area contributed by atoms with E-state index in [0.717, 1.165) is 28.2 Å². The summed E-state index contributed by atoms with van der Waals surface area (Å²) in [4.78, 5) is 6.86. The lowest BCUT2D eigenvalue weighted by Gasteiger charge is -2.28. The molecule has 0 saturated heterocycles. The molecule has 5 nitrogen and oxygen atoms in total. The van der Waals surface area contributed by atoms with Crippen molar-refractivity contribution in [2.24, 2.45) is 20.9 Å². The fraction of sp³-hybridized carbons (Fsp3) is 0.167. The number of aliphatic imine (C=N–C) groups is 1. The summed E-state index contributed by atoms with van der Waals surface area (Å²) in [5.74, 6) is 0.689. The van der Waals surface area contributed by atoms with Crippen molar-refractivity contribution in [1.29, 1.82) is 0 Å². The SMILES string of the molecule is CC1=NN=C2[C@@H](N)N=C(c3ccccc3)c3ccccc3N2C1. The van der Waals surface area contributed by atoms with Crippen LogP contribution in [0.4, 0.5) is 5.69 Å². The van der Waals surface area contributed by atoms with Crippen molar-refractivity contribution in [3.8, 4) is 0 Å². The molecule has 2 aromatic carbocycles. The number of para-hydroxylation sites is 1. The number of hydrogen-bond acceptors (Lipinski definition) is 5. The Kier molecular flexibility index (Phi) is 3.28. The van der Waals surface area contributed by atoms with Gasteiger partial charge in [0.15, 0.2) is 12.0 Å². The van der Waals surface area contributed by atoms with Crippen LogP contribution in [0.25, 0.3) is 0 Å². The van der Waals surface area contributed by atoms with Gasteiger partial charge in [-0.1, -0.05) is 48.5 Å². The van der Waals surface area contributed by atoms with Crippen LogP contribution < -0.4 is 10.6 Å². The summed E-state index contributed by atoms with van der Waals surface area (Å²) in [5, 5.41) is 8.49. The van der Waals surface area contributed by atoms with Gasteiger partial charge in [0.05, 0.1) is 23.7 Å². The number of amidine groups is 1. The van der Waals surface area contributed by atoms with Gasteiger partial charge in [0, 0.05) is 11.1 Å². The maximum absolute atomic E-state index is 6.31. The highest BCUT2D eigenvalue weighted by molar-refractivity contribution is 6.21. The fourth-order valence-electron chi connectivity index (χ4n) is 2.96. The van der Waals surface area contributed by atoms with Gasteiger partial charge in [-0.15, -0.1) is 5.10 Å². The van der Waals surface area contributed by atoms with Crippen LogP contribution in [0.15, 0.2) is 69.8 Å². The average molecular weight is 303 g/mol. The van der Waals surface area contributed by atoms with Crippen LogP contribution in [0, 0.1) is 0 Å². The van der Waals surface area contributed by atoms with E-state index in [1.807, 2.05) is 37.3 Å².